The number of ether oxygens (including phenoxy) is 2. The summed E-state index contributed by atoms with van der Waals surface area (Å²) in [7, 11) is 1.73. The third-order valence-corrected chi connectivity index (χ3v) is 7.95. The molecule has 0 radical (unpaired) electrons. The molecule has 178 valence electrons. The highest BCUT2D eigenvalue weighted by molar-refractivity contribution is 7.99. The predicted molar refractivity (Wildman–Crippen MR) is 133 cm³/mol. The monoisotopic (exact) mass is 478 g/mol. The van der Waals surface area contributed by atoms with Crippen molar-refractivity contribution < 1.29 is 9.47 Å². The van der Waals surface area contributed by atoms with Crippen LogP contribution in [0.15, 0.2) is 68.1 Å². The Hall–Kier alpha value is -2.84. The third-order valence-electron chi connectivity index (χ3n) is 6.96. The van der Waals surface area contributed by atoms with E-state index in [1.807, 2.05) is 31.2 Å². The Morgan fingerprint density at radius 3 is 2.41 bits per heavy atom. The van der Waals surface area contributed by atoms with Crippen LogP contribution in [0.4, 0.5) is 0 Å². The molecule has 0 spiro atoms. The van der Waals surface area contributed by atoms with Gasteiger partial charge in [0.2, 0.25) is 0 Å². The smallest absolute Gasteiger partial charge is 0.350 e. The first kappa shape index (κ1) is 22.9. The highest BCUT2D eigenvalue weighted by Crippen LogP contribution is 2.41. The average Bonchev–Trinajstić information content (AvgIpc) is 3.33. The van der Waals surface area contributed by atoms with Gasteiger partial charge in [-0.3, -0.25) is 4.57 Å². The first-order chi connectivity index (χ1) is 16.4. The minimum absolute atomic E-state index is 0.0983. The molecule has 0 saturated carbocycles. The number of hydrogen-bond acceptors (Lipinski definition) is 6. The summed E-state index contributed by atoms with van der Waals surface area (Å²) in [6.45, 7) is 7.43. The molecule has 8 heteroatoms. The van der Waals surface area contributed by atoms with E-state index in [2.05, 4.69) is 43.2 Å². The SMILES string of the molecule is Cc1nn(-c2ccc(Sc3cccc(C4(C5=NC(C)C(C)O5)CCOCC4)c3)cc2)c(=O)n1C. The van der Waals surface area contributed by atoms with Crippen molar-refractivity contribution in [3.8, 4) is 5.69 Å². The second kappa shape index (κ2) is 9.07. The van der Waals surface area contributed by atoms with Crippen LogP contribution in [0, 0.1) is 6.92 Å². The van der Waals surface area contributed by atoms with E-state index < -0.39 is 0 Å². The number of aromatic nitrogens is 3. The molecular formula is C26H30N4O3S. The maximum Gasteiger partial charge on any atom is 0.350 e. The van der Waals surface area contributed by atoms with E-state index in [-0.39, 0.29) is 23.3 Å². The van der Waals surface area contributed by atoms with Crippen LogP contribution < -0.4 is 5.69 Å². The normalized spacial score (nSPS) is 21.8. The summed E-state index contributed by atoms with van der Waals surface area (Å²) in [5.74, 6) is 1.54. The summed E-state index contributed by atoms with van der Waals surface area (Å²) in [5.41, 5.74) is 1.60. The molecule has 34 heavy (non-hydrogen) atoms. The van der Waals surface area contributed by atoms with E-state index in [0.717, 1.165) is 34.2 Å². The fourth-order valence-electron chi connectivity index (χ4n) is 4.53. The Labute approximate surface area is 203 Å². The molecule has 0 aliphatic carbocycles. The summed E-state index contributed by atoms with van der Waals surface area (Å²) in [6, 6.07) is 16.8. The van der Waals surface area contributed by atoms with Crippen molar-refractivity contribution in [2.24, 2.45) is 12.0 Å². The van der Waals surface area contributed by atoms with Crippen LogP contribution in [-0.2, 0) is 21.9 Å². The molecule has 3 heterocycles. The van der Waals surface area contributed by atoms with Crippen LogP contribution >= 0.6 is 11.8 Å². The molecular weight excluding hydrogens is 448 g/mol. The standard InChI is InChI=1S/C26H30N4O3S/c1-17-18(2)33-24(27-17)26(12-14-32-15-13-26)20-6-5-7-23(16-20)34-22-10-8-21(9-11-22)30-25(31)29(4)19(3)28-30/h5-11,16-18H,12-15H2,1-4H3. The van der Waals surface area contributed by atoms with Gasteiger partial charge in [-0.2, -0.15) is 9.78 Å². The fraction of sp³-hybridized carbons (Fsp3) is 0.423. The second-order valence-electron chi connectivity index (χ2n) is 9.12. The van der Waals surface area contributed by atoms with Crippen molar-refractivity contribution in [2.45, 2.75) is 61.0 Å². The molecule has 0 bridgehead atoms. The summed E-state index contributed by atoms with van der Waals surface area (Å²) in [5, 5.41) is 4.34. The Morgan fingerprint density at radius 1 is 1.06 bits per heavy atom. The molecule has 0 amide bonds. The van der Waals surface area contributed by atoms with Gasteiger partial charge in [0.1, 0.15) is 11.9 Å². The Balaban J connectivity index is 1.41. The quantitative estimate of drug-likeness (QED) is 0.547. The van der Waals surface area contributed by atoms with E-state index in [1.54, 1.807) is 23.4 Å². The Bertz CT molecular complexity index is 1270. The second-order valence-corrected chi connectivity index (χ2v) is 10.3. The minimum Gasteiger partial charge on any atom is -0.475 e. The molecule has 1 saturated heterocycles. The van der Waals surface area contributed by atoms with Crippen LogP contribution in [0.1, 0.15) is 38.1 Å². The molecule has 1 fully saturated rings. The molecule has 1 aromatic heterocycles. The van der Waals surface area contributed by atoms with Gasteiger partial charge in [0.15, 0.2) is 5.90 Å². The van der Waals surface area contributed by atoms with Crippen molar-refractivity contribution in [3.63, 3.8) is 0 Å². The van der Waals surface area contributed by atoms with Crippen molar-refractivity contribution in [2.75, 3.05) is 13.2 Å². The minimum atomic E-state index is -0.240. The zero-order valence-corrected chi connectivity index (χ0v) is 20.8. The number of nitrogens with zero attached hydrogens (tertiary/aromatic N) is 4. The van der Waals surface area contributed by atoms with Crippen molar-refractivity contribution in [1.29, 1.82) is 0 Å². The number of rotatable bonds is 5. The van der Waals surface area contributed by atoms with Crippen LogP contribution in [0.5, 0.6) is 0 Å². The maximum atomic E-state index is 12.4. The lowest BCUT2D eigenvalue weighted by Gasteiger charge is -2.37. The summed E-state index contributed by atoms with van der Waals surface area (Å²) in [6.07, 6.45) is 1.83. The van der Waals surface area contributed by atoms with Gasteiger partial charge >= 0.3 is 5.69 Å². The summed E-state index contributed by atoms with van der Waals surface area (Å²) < 4.78 is 14.9. The van der Waals surface area contributed by atoms with E-state index in [4.69, 9.17) is 14.5 Å². The zero-order valence-electron chi connectivity index (χ0n) is 20.0. The third kappa shape index (κ3) is 4.09. The molecule has 0 N–H and O–H groups in total. The number of hydrogen-bond donors (Lipinski definition) is 0. The molecule has 2 aliphatic heterocycles. The van der Waals surface area contributed by atoms with Crippen LogP contribution in [-0.4, -0.2) is 45.6 Å². The van der Waals surface area contributed by atoms with E-state index in [0.29, 0.717) is 19.0 Å². The molecule has 2 atom stereocenters. The lowest BCUT2D eigenvalue weighted by Crippen LogP contribution is -2.42. The number of aryl methyl sites for hydroxylation is 1. The topological polar surface area (TPSA) is 70.6 Å². The van der Waals surface area contributed by atoms with Gasteiger partial charge < -0.3 is 9.47 Å². The first-order valence-corrected chi connectivity index (χ1v) is 12.5. The van der Waals surface area contributed by atoms with E-state index >= 15 is 0 Å². The van der Waals surface area contributed by atoms with Gasteiger partial charge in [0.25, 0.3) is 0 Å². The summed E-state index contributed by atoms with van der Waals surface area (Å²) in [4.78, 5) is 19.5. The Kier molecular flexibility index (Phi) is 6.12. The van der Waals surface area contributed by atoms with Crippen LogP contribution in [0.3, 0.4) is 0 Å². The Morgan fingerprint density at radius 2 is 1.79 bits per heavy atom. The van der Waals surface area contributed by atoms with Gasteiger partial charge in [0.05, 0.1) is 17.1 Å². The van der Waals surface area contributed by atoms with Crippen molar-refractivity contribution >= 4 is 17.7 Å². The number of aliphatic imine (C=N–C) groups is 1. The number of benzene rings is 2. The molecule has 2 aromatic carbocycles. The fourth-order valence-corrected chi connectivity index (χ4v) is 5.41. The largest absolute Gasteiger partial charge is 0.475 e. The predicted octanol–water partition coefficient (Wildman–Crippen LogP) is 4.28. The van der Waals surface area contributed by atoms with E-state index in [1.165, 1.54) is 10.2 Å². The molecule has 3 aromatic rings. The van der Waals surface area contributed by atoms with Gasteiger partial charge in [-0.25, -0.2) is 9.79 Å². The zero-order chi connectivity index (χ0) is 23.9. The van der Waals surface area contributed by atoms with Crippen LogP contribution in [0.25, 0.3) is 5.69 Å². The van der Waals surface area contributed by atoms with Crippen molar-refractivity contribution in [3.05, 3.63) is 70.4 Å². The highest BCUT2D eigenvalue weighted by Gasteiger charge is 2.44. The maximum absolute atomic E-state index is 12.4. The first-order valence-electron chi connectivity index (χ1n) is 11.7. The van der Waals surface area contributed by atoms with Crippen molar-refractivity contribution in [1.82, 2.24) is 14.3 Å². The van der Waals surface area contributed by atoms with E-state index in [9.17, 15) is 4.79 Å². The molecule has 7 nitrogen and oxygen atoms in total. The van der Waals surface area contributed by atoms with Gasteiger partial charge in [-0.05, 0) is 75.6 Å². The average molecular weight is 479 g/mol. The van der Waals surface area contributed by atoms with Gasteiger partial charge in [-0.1, -0.05) is 23.9 Å². The highest BCUT2D eigenvalue weighted by atomic mass is 32.2. The van der Waals surface area contributed by atoms with Gasteiger partial charge in [0, 0.05) is 30.1 Å². The molecule has 2 unspecified atom stereocenters. The van der Waals surface area contributed by atoms with Crippen LogP contribution in [0.2, 0.25) is 0 Å². The summed E-state index contributed by atoms with van der Waals surface area (Å²) >= 11 is 1.70. The lowest BCUT2D eigenvalue weighted by molar-refractivity contribution is 0.0610. The lowest BCUT2D eigenvalue weighted by atomic mass is 9.74. The molecule has 5 rings (SSSR count). The van der Waals surface area contributed by atoms with Gasteiger partial charge in [-0.15, -0.1) is 0 Å². The molecule has 2 aliphatic rings.